The van der Waals surface area contributed by atoms with Crippen molar-refractivity contribution in [3.63, 3.8) is 0 Å². The topological polar surface area (TPSA) is 286 Å². The summed E-state index contributed by atoms with van der Waals surface area (Å²) in [5, 5.41) is 3.04. The van der Waals surface area contributed by atoms with Crippen LogP contribution in [0.2, 0.25) is 15.1 Å². The number of ether oxygens (including phenoxy) is 7. The molecule has 5 aliphatic rings. The summed E-state index contributed by atoms with van der Waals surface area (Å²) in [6.45, 7) is 7.17. The van der Waals surface area contributed by atoms with E-state index in [9.17, 15) is 56.3 Å². The van der Waals surface area contributed by atoms with Crippen LogP contribution in [0.3, 0.4) is 0 Å². The van der Waals surface area contributed by atoms with E-state index in [1.807, 2.05) is 153 Å². The zero-order chi connectivity index (χ0) is 98.3. The van der Waals surface area contributed by atoms with E-state index in [0.717, 1.165) is 60.1 Å². The third-order valence-corrected chi connectivity index (χ3v) is 26.3. The summed E-state index contributed by atoms with van der Waals surface area (Å²) in [5.41, 5.74) is 9.51. The van der Waals surface area contributed by atoms with Crippen molar-refractivity contribution >= 4 is 79.8 Å². The van der Waals surface area contributed by atoms with Gasteiger partial charge in [-0.2, -0.15) is 9.90 Å². The van der Waals surface area contributed by atoms with Gasteiger partial charge in [-0.1, -0.05) is 268 Å². The molecular formula is C112H121Cl3F3N6O17P. The van der Waals surface area contributed by atoms with Gasteiger partial charge in [0.05, 0.1) is 76.9 Å². The van der Waals surface area contributed by atoms with Crippen LogP contribution in [0.5, 0.6) is 17.2 Å². The van der Waals surface area contributed by atoms with Gasteiger partial charge in [0.25, 0.3) is 17.6 Å². The number of benzene rings is 9. The summed E-state index contributed by atoms with van der Waals surface area (Å²) in [6, 6.07) is 71.6. The van der Waals surface area contributed by atoms with Gasteiger partial charge in [0.1, 0.15) is 49.1 Å². The van der Waals surface area contributed by atoms with Crippen molar-refractivity contribution in [3.8, 4) is 17.2 Å². The lowest BCUT2D eigenvalue weighted by atomic mass is 9.67. The number of Topliss-reactive ketones (excluding diaryl/α,β-unsaturated/α-hetero) is 3. The van der Waals surface area contributed by atoms with Crippen LogP contribution in [0.1, 0.15) is 192 Å². The molecule has 0 saturated heterocycles. The standard InChI is InChI=1S/2C36H34ClFN2O5.C24H20ClFO6.C14H22N2O.2CH4.H3P/c2*1-39-23-36(17-26(18-36)21-44-20-24-9-4-2-5-10-24)40-19-28(30(41)16-15-27-13-8-14-29(37)31(27)38)33(42)34(32(40)35(39)43)45-22-25-11-6-3-7-12-25;1-2-30-24(29)23-22(31-13-15-7-4-3-5-8-15)21(28)17(14-32-23)19(27)12-11-16-9-6-10-18(25)20(16)26;1-16-11-14(15)7-13(8-14)10-17-9-12-5-3-2-4-6-12;;;/h2*2-14,19,26H,15-18,20-23H2,1H3;3-10,14H,2,11-13H2,1H3;2-6,13,16H,7-11,15H2,1H3;2*1H4;1H3. The highest BCUT2D eigenvalue weighted by Gasteiger charge is 2.54. The number of ketones is 3. The molecule has 5 heterocycles. The number of hydrogen-bond acceptors (Lipinski definition) is 19. The van der Waals surface area contributed by atoms with Crippen molar-refractivity contribution in [1.82, 2.24) is 24.3 Å². The zero-order valence-corrected chi connectivity index (χ0v) is 82.1. The minimum atomic E-state index is -0.882. The molecule has 1 atom stereocenters. The van der Waals surface area contributed by atoms with Crippen LogP contribution < -0.4 is 41.5 Å². The third kappa shape index (κ3) is 27.3. The third-order valence-electron chi connectivity index (χ3n) is 25.5. The normalized spacial score (nSPS) is 17.7. The highest BCUT2D eigenvalue weighted by Crippen LogP contribution is 2.51. The summed E-state index contributed by atoms with van der Waals surface area (Å²) in [7, 11) is 5.39. The Labute approximate surface area is 843 Å². The number of carbonyl (C=O) groups excluding carboxylic acids is 6. The van der Waals surface area contributed by atoms with Crippen LogP contribution in [0.25, 0.3) is 0 Å². The molecule has 3 aliphatic carbocycles. The number of hydrogen-bond donors (Lipinski definition) is 2. The van der Waals surface area contributed by atoms with Gasteiger partial charge in [-0.25, -0.2) is 18.0 Å². The van der Waals surface area contributed by atoms with Crippen LogP contribution in [0.15, 0.2) is 274 Å². The maximum atomic E-state index is 14.6. The Morgan fingerprint density at radius 2 is 0.718 bits per heavy atom. The monoisotopic (exact) mass is 2010 g/mol. The molecule has 3 N–H and O–H groups in total. The number of nitrogens with two attached hydrogens (primary N) is 1. The molecule has 3 aromatic heterocycles. The lowest BCUT2D eigenvalue weighted by Crippen LogP contribution is -2.60. The molecule has 3 fully saturated rings. The predicted molar refractivity (Wildman–Crippen MR) is 549 cm³/mol. The number of carbonyl (C=O) groups is 6. The first-order chi connectivity index (χ1) is 67.1. The molecule has 142 heavy (non-hydrogen) atoms. The molecule has 12 aromatic rings. The number of likely N-dealkylation sites (N-methyl/N-ethyl adjacent to an activating group) is 3. The molecule has 1 unspecified atom stereocenters. The molecule has 2 aliphatic heterocycles. The number of aromatic nitrogens is 2. The maximum absolute atomic E-state index is 14.6. The second-order valence-electron chi connectivity index (χ2n) is 35.9. The summed E-state index contributed by atoms with van der Waals surface area (Å²) < 4.78 is 92.5. The molecular weight excluding hydrogens is 1900 g/mol. The van der Waals surface area contributed by atoms with E-state index >= 15 is 0 Å². The molecule has 30 heteroatoms. The van der Waals surface area contributed by atoms with E-state index in [0.29, 0.717) is 88.9 Å². The molecule has 2 amide bonds. The SMILES string of the molecule is C.C.CCOC(=O)c1occ(C(=O)CCc2cccc(Cl)c2F)c(=O)c1OCc1ccccc1.CN1CC2(CC(COCc3ccccc3)C2)n2cc(C(=O)CCc3cccc(Cl)c3F)c(=O)c(OCc3ccccc3)c2C1=O.CN1CC2(CC(COCc3ccccc3)C2)n2cc(C(=O)CCc3cccc(Cl)c3F)c(=O)c(OCc3ccccc3)c2C1=O.CNCC1(N)CC(COCc2ccccc2)C1.P. The highest BCUT2D eigenvalue weighted by molar-refractivity contribution is 6.92. The van der Waals surface area contributed by atoms with Crippen LogP contribution >= 0.6 is 44.7 Å². The first-order valence-corrected chi connectivity index (χ1v) is 47.4. The van der Waals surface area contributed by atoms with Gasteiger partial charge >= 0.3 is 5.97 Å². The second-order valence-corrected chi connectivity index (χ2v) is 37.1. The van der Waals surface area contributed by atoms with Crippen molar-refractivity contribution in [1.29, 1.82) is 0 Å². The van der Waals surface area contributed by atoms with Gasteiger partial charge in [-0.3, -0.25) is 38.4 Å². The largest absolute Gasteiger partial charge is 0.483 e. The smallest absolute Gasteiger partial charge is 0.378 e. The number of pyridine rings is 2. The molecule has 3 saturated carbocycles. The molecule has 17 rings (SSSR count). The average Bonchev–Trinajstić information content (AvgIpc) is 0.712. The predicted octanol–water partition coefficient (Wildman–Crippen LogP) is 20.7. The average molecular weight is 2020 g/mol. The molecule has 748 valence electrons. The van der Waals surface area contributed by atoms with E-state index in [4.69, 9.17) is 78.1 Å². The zero-order valence-electron chi connectivity index (χ0n) is 78.4. The number of aryl methyl sites for hydroxylation is 3. The lowest BCUT2D eigenvalue weighted by Gasteiger charge is -2.54. The van der Waals surface area contributed by atoms with Gasteiger partial charge in [0, 0.05) is 77.5 Å². The molecule has 2 spiro atoms. The van der Waals surface area contributed by atoms with E-state index in [2.05, 4.69) is 17.4 Å². The summed E-state index contributed by atoms with van der Waals surface area (Å²) in [6.07, 6.45) is 8.69. The van der Waals surface area contributed by atoms with E-state index in [-0.39, 0.29) is 179 Å². The van der Waals surface area contributed by atoms with E-state index in [1.54, 1.807) is 94.6 Å². The quantitative estimate of drug-likeness (QED) is 0.0208. The Morgan fingerprint density at radius 3 is 1.04 bits per heavy atom. The van der Waals surface area contributed by atoms with Crippen LogP contribution in [0.4, 0.5) is 13.2 Å². The fourth-order valence-corrected chi connectivity index (χ4v) is 19.2. The number of halogens is 6. The Hall–Kier alpha value is -12.5. The van der Waals surface area contributed by atoms with Crippen molar-refractivity contribution in [2.45, 2.75) is 155 Å². The summed E-state index contributed by atoms with van der Waals surface area (Å²) >= 11 is 17.6. The van der Waals surface area contributed by atoms with Crippen LogP contribution in [0, 0.1) is 35.2 Å². The van der Waals surface area contributed by atoms with Crippen molar-refractivity contribution in [2.24, 2.45) is 23.5 Å². The van der Waals surface area contributed by atoms with Crippen molar-refractivity contribution < 1.29 is 79.5 Å². The first kappa shape index (κ1) is 110. The Bertz CT molecular complexity index is 6250. The van der Waals surface area contributed by atoms with Crippen LogP contribution in [-0.4, -0.2) is 127 Å². The number of nitrogens with one attached hydrogen (secondary N) is 1. The van der Waals surface area contributed by atoms with Gasteiger partial charge < -0.3 is 67.6 Å². The van der Waals surface area contributed by atoms with E-state index < -0.39 is 79.6 Å². The minimum Gasteiger partial charge on any atom is -0.483 e. The number of amides is 2. The van der Waals surface area contributed by atoms with Crippen LogP contribution in [-0.2, 0) is 88.9 Å². The fraction of sp³-hybridized carbons (Fsp3) is 0.330. The number of nitrogens with zero attached hydrogens (tertiary/aromatic N) is 4. The molecule has 23 nitrogen and oxygen atoms in total. The summed E-state index contributed by atoms with van der Waals surface area (Å²) in [4.78, 5) is 123. The second kappa shape index (κ2) is 51.5. The van der Waals surface area contributed by atoms with Gasteiger partial charge in [0.15, 0.2) is 40.2 Å². The maximum Gasteiger partial charge on any atom is 0.378 e. The van der Waals surface area contributed by atoms with Gasteiger partial charge in [-0.05, 0) is 158 Å². The number of esters is 1. The first-order valence-electron chi connectivity index (χ1n) is 46.3. The Morgan fingerprint density at radius 1 is 0.423 bits per heavy atom. The van der Waals surface area contributed by atoms with Crippen molar-refractivity contribution in [2.75, 3.05) is 67.2 Å². The molecule has 0 bridgehead atoms. The minimum absolute atomic E-state index is 0. The molecule has 0 radical (unpaired) electrons. The fourth-order valence-electron chi connectivity index (χ4n) is 18.6. The van der Waals surface area contributed by atoms with Gasteiger partial charge in [0.2, 0.25) is 22.0 Å². The number of rotatable bonds is 37. The lowest BCUT2D eigenvalue weighted by molar-refractivity contribution is -0.0324. The molecule has 9 aromatic carbocycles. The number of fused-ring (bicyclic) bond motifs is 4. The highest BCUT2D eigenvalue weighted by atomic mass is 35.5. The van der Waals surface area contributed by atoms with E-state index in [1.165, 1.54) is 42.2 Å². The Kier molecular flexibility index (Phi) is 39.8. The van der Waals surface area contributed by atoms with Gasteiger partial charge in [-0.15, -0.1) is 0 Å². The Balaban J connectivity index is 0.000000188. The van der Waals surface area contributed by atoms with Crippen molar-refractivity contribution in [3.05, 3.63) is 402 Å². The summed E-state index contributed by atoms with van der Waals surface area (Å²) in [5.74, 6) is -4.84.